The van der Waals surface area contributed by atoms with Gasteiger partial charge in [0.25, 0.3) is 11.8 Å². The van der Waals surface area contributed by atoms with E-state index in [0.29, 0.717) is 17.9 Å². The van der Waals surface area contributed by atoms with Crippen molar-refractivity contribution in [3.05, 3.63) is 95.9 Å². The van der Waals surface area contributed by atoms with E-state index in [2.05, 4.69) is 0 Å². The Bertz CT molecular complexity index is 1170. The van der Waals surface area contributed by atoms with Crippen LogP contribution in [0.2, 0.25) is 0 Å². The molecule has 0 aromatic heterocycles. The number of nitrogens with zero attached hydrogens (tertiary/aromatic N) is 2. The number of anilines is 2. The minimum atomic E-state index is -0.646. The lowest BCUT2D eigenvalue weighted by molar-refractivity contribution is -0.120. The van der Waals surface area contributed by atoms with Crippen LogP contribution in [0, 0.1) is 5.82 Å². The third-order valence-electron chi connectivity index (χ3n) is 5.18. The Balaban J connectivity index is 1.97. The molecule has 0 aliphatic carbocycles. The van der Waals surface area contributed by atoms with E-state index in [1.807, 2.05) is 37.3 Å². The van der Waals surface area contributed by atoms with Crippen molar-refractivity contribution in [1.82, 2.24) is 0 Å². The molecule has 3 aromatic carbocycles. The number of likely N-dealkylation sites (N-methyl/N-ethyl adjacent to an activating group) is 1. The van der Waals surface area contributed by atoms with Gasteiger partial charge in [-0.1, -0.05) is 48.5 Å². The van der Waals surface area contributed by atoms with Crippen LogP contribution in [0.15, 0.2) is 84.6 Å². The average molecular weight is 416 g/mol. The van der Waals surface area contributed by atoms with E-state index in [9.17, 15) is 14.0 Å². The standard InChI is InChI=1S/C25H21FN2O3/c1-3-27(17-11-5-4-6-12-17)23-22(18-13-7-10-16-21(18)31-2)24(29)28(25(23)30)20-15-9-8-14-19(20)26/h4-16H,3H2,1-2H3. The topological polar surface area (TPSA) is 49.9 Å². The van der Waals surface area contributed by atoms with E-state index in [1.165, 1.54) is 25.3 Å². The fourth-order valence-corrected chi connectivity index (χ4v) is 3.79. The number of benzene rings is 3. The van der Waals surface area contributed by atoms with E-state index >= 15 is 0 Å². The van der Waals surface area contributed by atoms with Gasteiger partial charge >= 0.3 is 0 Å². The molecular formula is C25H21FN2O3. The number of ether oxygens (including phenoxy) is 1. The fraction of sp³-hybridized carbons (Fsp3) is 0.120. The van der Waals surface area contributed by atoms with Crippen LogP contribution in [0.4, 0.5) is 15.8 Å². The summed E-state index contributed by atoms with van der Waals surface area (Å²) in [6.45, 7) is 2.32. The largest absolute Gasteiger partial charge is 0.496 e. The summed E-state index contributed by atoms with van der Waals surface area (Å²) in [7, 11) is 1.50. The summed E-state index contributed by atoms with van der Waals surface area (Å²) in [5.74, 6) is -1.37. The second-order valence-corrected chi connectivity index (χ2v) is 6.90. The molecular weight excluding hydrogens is 395 g/mol. The Morgan fingerprint density at radius 2 is 1.52 bits per heavy atom. The molecule has 0 bridgehead atoms. The molecule has 1 aliphatic rings. The van der Waals surface area contributed by atoms with Gasteiger partial charge in [-0.05, 0) is 37.3 Å². The SMILES string of the molecule is CCN(C1=C(c2ccccc2OC)C(=O)N(c2ccccc2F)C1=O)c1ccccc1. The number of hydrogen-bond donors (Lipinski definition) is 0. The Hall–Kier alpha value is -3.93. The summed E-state index contributed by atoms with van der Waals surface area (Å²) < 4.78 is 20.1. The molecule has 1 aliphatic heterocycles. The molecule has 4 rings (SSSR count). The van der Waals surface area contributed by atoms with Crippen molar-refractivity contribution in [2.45, 2.75) is 6.92 Å². The first kappa shape index (κ1) is 20.3. The Kier molecular flexibility index (Phi) is 5.54. The Labute approximate surface area is 180 Å². The molecule has 1 heterocycles. The maximum Gasteiger partial charge on any atom is 0.282 e. The first-order valence-corrected chi connectivity index (χ1v) is 9.92. The van der Waals surface area contributed by atoms with Crippen LogP contribution in [-0.4, -0.2) is 25.5 Å². The minimum absolute atomic E-state index is 0.0796. The smallest absolute Gasteiger partial charge is 0.282 e. The number of hydrogen-bond acceptors (Lipinski definition) is 4. The highest BCUT2D eigenvalue weighted by molar-refractivity contribution is 6.46. The number of halogens is 1. The average Bonchev–Trinajstić information content (AvgIpc) is 3.05. The quantitative estimate of drug-likeness (QED) is 0.549. The van der Waals surface area contributed by atoms with E-state index in [4.69, 9.17) is 4.74 Å². The number of carbonyl (C=O) groups excluding carboxylic acids is 2. The number of methoxy groups -OCH3 is 1. The predicted molar refractivity (Wildman–Crippen MR) is 118 cm³/mol. The van der Waals surface area contributed by atoms with Gasteiger partial charge in [0.15, 0.2) is 0 Å². The Morgan fingerprint density at radius 1 is 0.871 bits per heavy atom. The molecule has 0 N–H and O–H groups in total. The van der Waals surface area contributed by atoms with Gasteiger partial charge in [0.05, 0.1) is 18.4 Å². The van der Waals surface area contributed by atoms with Gasteiger partial charge in [-0.15, -0.1) is 0 Å². The van der Waals surface area contributed by atoms with Gasteiger partial charge in [-0.2, -0.15) is 0 Å². The highest BCUT2D eigenvalue weighted by Gasteiger charge is 2.44. The molecule has 156 valence electrons. The normalized spacial score (nSPS) is 13.7. The highest BCUT2D eigenvalue weighted by atomic mass is 19.1. The van der Waals surface area contributed by atoms with Gasteiger partial charge in [0, 0.05) is 17.8 Å². The molecule has 0 saturated heterocycles. The molecule has 0 fully saturated rings. The van der Waals surface area contributed by atoms with Gasteiger partial charge in [0.1, 0.15) is 17.3 Å². The van der Waals surface area contributed by atoms with Crippen molar-refractivity contribution in [2.75, 3.05) is 23.5 Å². The fourth-order valence-electron chi connectivity index (χ4n) is 3.79. The van der Waals surface area contributed by atoms with E-state index < -0.39 is 17.6 Å². The van der Waals surface area contributed by atoms with Crippen molar-refractivity contribution in [3.8, 4) is 5.75 Å². The number of carbonyl (C=O) groups is 2. The summed E-state index contributed by atoms with van der Waals surface area (Å²) in [5, 5.41) is 0. The van der Waals surface area contributed by atoms with Crippen molar-refractivity contribution in [3.63, 3.8) is 0 Å². The molecule has 3 aromatic rings. The van der Waals surface area contributed by atoms with Crippen LogP contribution in [0.5, 0.6) is 5.75 Å². The molecule has 0 saturated carbocycles. The minimum Gasteiger partial charge on any atom is -0.496 e. The molecule has 2 amide bonds. The molecule has 31 heavy (non-hydrogen) atoms. The van der Waals surface area contributed by atoms with E-state index in [0.717, 1.165) is 10.6 Å². The lowest BCUT2D eigenvalue weighted by Crippen LogP contribution is -2.35. The zero-order chi connectivity index (χ0) is 22.0. The molecule has 5 nitrogen and oxygen atoms in total. The zero-order valence-corrected chi connectivity index (χ0v) is 17.2. The molecule has 0 radical (unpaired) electrons. The van der Waals surface area contributed by atoms with Crippen molar-refractivity contribution in [2.24, 2.45) is 0 Å². The van der Waals surface area contributed by atoms with Crippen LogP contribution >= 0.6 is 0 Å². The summed E-state index contributed by atoms with van der Waals surface area (Å²) in [6.07, 6.45) is 0. The second kappa shape index (κ2) is 8.44. The van der Waals surface area contributed by atoms with Crippen LogP contribution in [0.3, 0.4) is 0 Å². The Morgan fingerprint density at radius 3 is 2.19 bits per heavy atom. The van der Waals surface area contributed by atoms with Gasteiger partial charge in [0.2, 0.25) is 0 Å². The predicted octanol–water partition coefficient (Wildman–Crippen LogP) is 4.65. The number of para-hydroxylation sites is 3. The maximum atomic E-state index is 14.6. The maximum absolute atomic E-state index is 14.6. The monoisotopic (exact) mass is 416 g/mol. The number of imide groups is 1. The lowest BCUT2D eigenvalue weighted by atomic mass is 10.0. The summed E-state index contributed by atoms with van der Waals surface area (Å²) in [6, 6.07) is 22.1. The van der Waals surface area contributed by atoms with Gasteiger partial charge in [-0.3, -0.25) is 9.59 Å². The second-order valence-electron chi connectivity index (χ2n) is 6.90. The third kappa shape index (κ3) is 3.46. The number of rotatable bonds is 6. The van der Waals surface area contributed by atoms with Crippen molar-refractivity contribution >= 4 is 28.8 Å². The van der Waals surface area contributed by atoms with Gasteiger partial charge < -0.3 is 9.64 Å². The highest BCUT2D eigenvalue weighted by Crippen LogP contribution is 2.40. The third-order valence-corrected chi connectivity index (χ3v) is 5.18. The summed E-state index contributed by atoms with van der Waals surface area (Å²) in [5.41, 5.74) is 1.52. The molecule has 0 unspecified atom stereocenters. The van der Waals surface area contributed by atoms with Crippen LogP contribution in [0.25, 0.3) is 5.57 Å². The lowest BCUT2D eigenvalue weighted by Gasteiger charge is -2.25. The van der Waals surface area contributed by atoms with Crippen molar-refractivity contribution in [1.29, 1.82) is 0 Å². The summed E-state index contributed by atoms with van der Waals surface area (Å²) in [4.78, 5) is 29.9. The van der Waals surface area contributed by atoms with Crippen molar-refractivity contribution < 1.29 is 18.7 Å². The zero-order valence-electron chi connectivity index (χ0n) is 17.2. The summed E-state index contributed by atoms with van der Waals surface area (Å²) >= 11 is 0. The molecule has 0 atom stereocenters. The van der Waals surface area contributed by atoms with Crippen LogP contribution < -0.4 is 14.5 Å². The van der Waals surface area contributed by atoms with E-state index in [1.54, 1.807) is 35.2 Å². The van der Waals surface area contributed by atoms with Gasteiger partial charge in [-0.25, -0.2) is 9.29 Å². The van der Waals surface area contributed by atoms with E-state index in [-0.39, 0.29) is 17.0 Å². The first-order chi connectivity index (χ1) is 15.1. The van der Waals surface area contributed by atoms with Crippen LogP contribution in [0.1, 0.15) is 12.5 Å². The molecule has 6 heteroatoms. The molecule has 0 spiro atoms. The van der Waals surface area contributed by atoms with Crippen LogP contribution in [-0.2, 0) is 9.59 Å². The first-order valence-electron chi connectivity index (χ1n) is 9.92. The number of amides is 2.